The molecule has 0 spiro atoms. The second-order valence-electron chi connectivity index (χ2n) is 5.91. The Hall–Kier alpha value is -4.15. The van der Waals surface area contributed by atoms with Gasteiger partial charge in [-0.2, -0.15) is 0 Å². The van der Waals surface area contributed by atoms with Gasteiger partial charge in [0.1, 0.15) is 11.1 Å². The van der Waals surface area contributed by atoms with Crippen LogP contribution in [-0.2, 0) is 19.0 Å². The van der Waals surface area contributed by atoms with Gasteiger partial charge >= 0.3 is 17.9 Å². The molecule has 2 aromatic rings. The van der Waals surface area contributed by atoms with Crippen LogP contribution in [0.3, 0.4) is 0 Å². The van der Waals surface area contributed by atoms with E-state index in [-0.39, 0.29) is 23.5 Å². The van der Waals surface area contributed by atoms with Crippen molar-refractivity contribution in [3.05, 3.63) is 46.7 Å². The maximum atomic E-state index is 12.6. The van der Waals surface area contributed by atoms with Crippen molar-refractivity contribution in [3.63, 3.8) is 0 Å². The van der Waals surface area contributed by atoms with Gasteiger partial charge in [0.15, 0.2) is 5.76 Å². The van der Waals surface area contributed by atoms with Crippen LogP contribution >= 0.6 is 0 Å². The van der Waals surface area contributed by atoms with Crippen LogP contribution in [-0.4, -0.2) is 57.1 Å². The zero-order valence-corrected chi connectivity index (χ0v) is 17.0. The highest BCUT2D eigenvalue weighted by atomic mass is 16.6. The van der Waals surface area contributed by atoms with Crippen molar-refractivity contribution in [2.75, 3.05) is 27.4 Å². The fourth-order valence-electron chi connectivity index (χ4n) is 2.70. The van der Waals surface area contributed by atoms with Crippen LogP contribution in [0.25, 0.3) is 11.3 Å². The number of primary amides is 1. The largest absolute Gasteiger partial charge is 0.465 e. The van der Waals surface area contributed by atoms with Gasteiger partial charge < -0.3 is 29.7 Å². The fourth-order valence-corrected chi connectivity index (χ4v) is 2.70. The number of ether oxygens (including phenoxy) is 3. The molecule has 0 fully saturated rings. The number of rotatable bonds is 8. The molecule has 0 unspecified atom stereocenters. The molecule has 1 heterocycles. The summed E-state index contributed by atoms with van der Waals surface area (Å²) < 4.78 is 19.9. The van der Waals surface area contributed by atoms with Gasteiger partial charge in [-0.25, -0.2) is 14.4 Å². The quantitative estimate of drug-likeness (QED) is 0.455. The molecule has 2 amide bonds. The number of amides is 2. The Kier molecular flexibility index (Phi) is 7.50. The lowest BCUT2D eigenvalue weighted by molar-refractivity contribution is -0.117. The van der Waals surface area contributed by atoms with Crippen LogP contribution in [0.2, 0.25) is 0 Å². The highest BCUT2D eigenvalue weighted by Gasteiger charge is 2.36. The topological polar surface area (TPSA) is 164 Å². The minimum atomic E-state index is -1.05. The predicted octanol–water partition coefficient (Wildman–Crippen LogP) is 0.912. The van der Waals surface area contributed by atoms with E-state index < -0.39 is 53.2 Å². The van der Waals surface area contributed by atoms with Crippen LogP contribution in [0.15, 0.2) is 28.7 Å². The molecule has 164 valence electrons. The van der Waals surface area contributed by atoms with Gasteiger partial charge in [-0.3, -0.25) is 9.59 Å². The van der Waals surface area contributed by atoms with Gasteiger partial charge in [0.2, 0.25) is 11.7 Å². The smallest absolute Gasteiger partial charge is 0.375 e. The number of methoxy groups -OCH3 is 2. The number of nitrogens with one attached hydrogen (secondary N) is 1. The normalized spacial score (nSPS) is 10.2. The van der Waals surface area contributed by atoms with E-state index in [9.17, 15) is 24.0 Å². The number of hydrogen-bond donors (Lipinski definition) is 2. The Morgan fingerprint density at radius 2 is 1.58 bits per heavy atom. The van der Waals surface area contributed by atoms with E-state index in [1.807, 2.05) is 0 Å². The molecule has 0 bridgehead atoms. The molecular formula is C20H20N2O9. The summed E-state index contributed by atoms with van der Waals surface area (Å²) in [6, 6.07) is 5.86. The third kappa shape index (κ3) is 4.89. The molecule has 0 saturated carbocycles. The van der Waals surface area contributed by atoms with Gasteiger partial charge in [-0.05, 0) is 13.0 Å². The molecule has 11 nitrogen and oxygen atoms in total. The van der Waals surface area contributed by atoms with E-state index >= 15 is 0 Å². The molecule has 0 aliphatic rings. The predicted molar refractivity (Wildman–Crippen MR) is 104 cm³/mol. The van der Waals surface area contributed by atoms with Crippen molar-refractivity contribution in [2.24, 2.45) is 5.73 Å². The number of benzene rings is 1. The first-order valence-electron chi connectivity index (χ1n) is 8.93. The molecule has 0 saturated heterocycles. The zero-order valence-electron chi connectivity index (χ0n) is 17.0. The molecule has 0 atom stereocenters. The van der Waals surface area contributed by atoms with Gasteiger partial charge in [0.05, 0.1) is 32.9 Å². The van der Waals surface area contributed by atoms with Gasteiger partial charge in [-0.1, -0.05) is 18.2 Å². The summed E-state index contributed by atoms with van der Waals surface area (Å²) in [5.74, 6) is -5.43. The average Bonchev–Trinajstić information content (AvgIpc) is 3.17. The Bertz CT molecular complexity index is 1040. The van der Waals surface area contributed by atoms with Crippen molar-refractivity contribution >= 4 is 29.7 Å². The lowest BCUT2D eigenvalue weighted by Gasteiger charge is -2.09. The maximum Gasteiger partial charge on any atom is 0.375 e. The molecule has 2 rings (SSSR count). The number of esters is 3. The van der Waals surface area contributed by atoms with Crippen LogP contribution in [0.5, 0.6) is 0 Å². The van der Waals surface area contributed by atoms with E-state index in [4.69, 9.17) is 19.6 Å². The summed E-state index contributed by atoms with van der Waals surface area (Å²) in [7, 11) is 2.12. The van der Waals surface area contributed by atoms with Gasteiger partial charge in [0, 0.05) is 5.56 Å². The zero-order chi connectivity index (χ0) is 23.1. The number of furan rings is 1. The second kappa shape index (κ2) is 10.1. The highest BCUT2D eigenvalue weighted by molar-refractivity contribution is 6.14. The summed E-state index contributed by atoms with van der Waals surface area (Å²) >= 11 is 0. The highest BCUT2D eigenvalue weighted by Crippen LogP contribution is 2.35. The van der Waals surface area contributed by atoms with Crippen molar-refractivity contribution < 1.29 is 42.6 Å². The minimum absolute atomic E-state index is 0.0190. The first kappa shape index (κ1) is 23.1. The molecule has 0 aliphatic carbocycles. The van der Waals surface area contributed by atoms with Crippen molar-refractivity contribution in [1.82, 2.24) is 5.32 Å². The first-order valence-corrected chi connectivity index (χ1v) is 8.93. The van der Waals surface area contributed by atoms with Crippen molar-refractivity contribution in [2.45, 2.75) is 6.92 Å². The lowest BCUT2D eigenvalue weighted by atomic mass is 9.99. The van der Waals surface area contributed by atoms with E-state index in [0.29, 0.717) is 0 Å². The molecule has 3 N–H and O–H groups in total. The third-order valence-electron chi connectivity index (χ3n) is 3.99. The second-order valence-corrected chi connectivity index (χ2v) is 5.91. The van der Waals surface area contributed by atoms with Crippen molar-refractivity contribution in [1.29, 1.82) is 0 Å². The first-order chi connectivity index (χ1) is 14.8. The molecule has 1 aromatic heterocycles. The average molecular weight is 432 g/mol. The fraction of sp³-hybridized carbons (Fsp3) is 0.250. The Morgan fingerprint density at radius 1 is 0.968 bits per heavy atom. The summed E-state index contributed by atoms with van der Waals surface area (Å²) in [6.45, 7) is 1.07. The Labute approximate surface area is 176 Å². The minimum Gasteiger partial charge on any atom is -0.465 e. The lowest BCUT2D eigenvalue weighted by Crippen LogP contribution is -2.33. The van der Waals surface area contributed by atoms with Crippen LogP contribution in [0.1, 0.15) is 48.6 Å². The van der Waals surface area contributed by atoms with Crippen LogP contribution < -0.4 is 11.1 Å². The summed E-state index contributed by atoms with van der Waals surface area (Å²) in [5.41, 5.74) is 4.15. The van der Waals surface area contributed by atoms with Gasteiger partial charge in [0.25, 0.3) is 5.91 Å². The van der Waals surface area contributed by atoms with Crippen molar-refractivity contribution in [3.8, 4) is 11.3 Å². The molecule has 0 aliphatic heterocycles. The third-order valence-corrected chi connectivity index (χ3v) is 3.99. The summed E-state index contributed by atoms with van der Waals surface area (Å²) in [5, 5.41) is 2.32. The number of carbonyl (C=O) groups is 5. The molecule has 11 heteroatoms. The summed E-state index contributed by atoms with van der Waals surface area (Å²) in [6.07, 6.45) is 0. The summed E-state index contributed by atoms with van der Waals surface area (Å²) in [4.78, 5) is 60.9. The molecule has 1 aromatic carbocycles. The monoisotopic (exact) mass is 432 g/mol. The van der Waals surface area contributed by atoms with E-state index in [2.05, 4.69) is 10.1 Å². The molecule has 0 radical (unpaired) electrons. The Morgan fingerprint density at radius 3 is 2.16 bits per heavy atom. The number of nitrogens with two attached hydrogens (primary N) is 1. The van der Waals surface area contributed by atoms with Crippen LogP contribution in [0, 0.1) is 0 Å². The van der Waals surface area contributed by atoms with Crippen LogP contribution in [0.4, 0.5) is 0 Å². The molecular weight excluding hydrogens is 412 g/mol. The SMILES string of the molecule is CCOC(=O)c1oc(-c2ccccc2C(=O)NCC(N)=O)c(C(=O)OC)c1C(=O)OC. The standard InChI is InChI=1S/C20H20N2O9/c1-4-30-20(27)16-14(19(26)29-3)13(18(25)28-2)15(31-16)10-7-5-6-8-11(10)17(24)22-9-12(21)23/h5-8H,4,9H2,1-3H3,(H2,21,23)(H,22,24). The van der Waals surface area contributed by atoms with E-state index in [0.717, 1.165) is 14.2 Å². The maximum absolute atomic E-state index is 12.6. The van der Waals surface area contributed by atoms with E-state index in [1.165, 1.54) is 24.3 Å². The van der Waals surface area contributed by atoms with E-state index in [1.54, 1.807) is 6.92 Å². The van der Waals surface area contributed by atoms with Gasteiger partial charge in [-0.15, -0.1) is 0 Å². The number of hydrogen-bond acceptors (Lipinski definition) is 9. The molecule has 31 heavy (non-hydrogen) atoms. The number of carbonyl (C=O) groups excluding carboxylic acids is 5. The Balaban J connectivity index is 2.79.